The summed E-state index contributed by atoms with van der Waals surface area (Å²) in [6, 6.07) is 11.2. The molecule has 4 rings (SSSR count). The summed E-state index contributed by atoms with van der Waals surface area (Å²) in [4.78, 5) is 15.1. The van der Waals surface area contributed by atoms with Gasteiger partial charge in [-0.15, -0.1) is 0 Å². The Morgan fingerprint density at radius 1 is 1.18 bits per heavy atom. The van der Waals surface area contributed by atoms with Crippen LogP contribution in [-0.2, 0) is 11.3 Å². The zero-order valence-corrected chi connectivity index (χ0v) is 16.1. The molecule has 0 amide bonds. The Kier molecular flexibility index (Phi) is 5.32. The zero-order valence-electron chi connectivity index (χ0n) is 16.1. The van der Waals surface area contributed by atoms with Gasteiger partial charge in [-0.2, -0.15) is 0 Å². The molecule has 2 aromatic rings. The van der Waals surface area contributed by atoms with E-state index in [0.717, 1.165) is 29.8 Å². The van der Waals surface area contributed by atoms with Crippen molar-refractivity contribution in [1.29, 1.82) is 0 Å². The molecule has 0 fully saturated rings. The summed E-state index contributed by atoms with van der Waals surface area (Å²) < 4.78 is 22.4. The molecule has 146 valence electrons. The number of benzene rings is 2. The Morgan fingerprint density at radius 3 is 2.86 bits per heavy atom. The second-order valence-corrected chi connectivity index (χ2v) is 6.77. The molecule has 28 heavy (non-hydrogen) atoms. The van der Waals surface area contributed by atoms with Crippen LogP contribution >= 0.6 is 0 Å². The Labute approximate surface area is 164 Å². The molecule has 0 bridgehead atoms. The minimum Gasteiger partial charge on any atom is -0.496 e. The van der Waals surface area contributed by atoms with Gasteiger partial charge in [0, 0.05) is 32.4 Å². The predicted molar refractivity (Wildman–Crippen MR) is 105 cm³/mol. The Balaban J connectivity index is 1.61. The monoisotopic (exact) mass is 381 g/mol. The first-order valence-corrected chi connectivity index (χ1v) is 9.28. The molecule has 0 saturated carbocycles. The fraction of sp³-hybridized carbons (Fsp3) is 0.318. The van der Waals surface area contributed by atoms with E-state index in [-0.39, 0.29) is 5.78 Å². The third-order valence-corrected chi connectivity index (χ3v) is 4.93. The third kappa shape index (κ3) is 3.48. The van der Waals surface area contributed by atoms with E-state index in [1.54, 1.807) is 26.4 Å². The lowest BCUT2D eigenvalue weighted by molar-refractivity contribution is 0.0823. The number of para-hydroxylation sites is 1. The summed E-state index contributed by atoms with van der Waals surface area (Å²) in [5.41, 5.74) is 2.28. The Hall–Kier alpha value is -2.83. The summed E-state index contributed by atoms with van der Waals surface area (Å²) in [5, 5.41) is 0. The molecule has 2 aliphatic heterocycles. The van der Waals surface area contributed by atoms with E-state index in [0.29, 0.717) is 42.7 Å². The summed E-state index contributed by atoms with van der Waals surface area (Å²) >= 11 is 0. The van der Waals surface area contributed by atoms with Gasteiger partial charge in [0.05, 0.1) is 18.2 Å². The van der Waals surface area contributed by atoms with Crippen LogP contribution in [0, 0.1) is 0 Å². The molecule has 0 spiro atoms. The quantitative estimate of drug-likeness (QED) is 0.564. The van der Waals surface area contributed by atoms with Gasteiger partial charge in [-0.1, -0.05) is 18.2 Å². The number of carbonyl (C=O) groups excluding carboxylic acids is 1. The number of hydrogen-bond acceptors (Lipinski definition) is 6. The molecular formula is C22H23NO5. The zero-order chi connectivity index (χ0) is 19.5. The molecule has 0 unspecified atom stereocenters. The van der Waals surface area contributed by atoms with Crippen LogP contribution < -0.4 is 14.2 Å². The first-order valence-electron chi connectivity index (χ1n) is 9.28. The molecule has 6 heteroatoms. The number of ketones is 1. The molecule has 0 aliphatic carbocycles. The predicted octanol–water partition coefficient (Wildman–Crippen LogP) is 3.50. The van der Waals surface area contributed by atoms with Gasteiger partial charge < -0.3 is 18.9 Å². The van der Waals surface area contributed by atoms with E-state index >= 15 is 0 Å². The van der Waals surface area contributed by atoms with E-state index in [1.165, 1.54) is 0 Å². The SMILES string of the molecule is COCCCN1COc2ccc3c(c2C1)O/C(=C\c1ccccc1OC)C3=O. The lowest BCUT2D eigenvalue weighted by Crippen LogP contribution is -2.33. The number of methoxy groups -OCH3 is 2. The standard InChI is InChI=1S/C22H23NO5/c1-25-11-5-10-23-13-17-19(27-14-23)9-8-16-21(24)20(28-22(16)17)12-15-6-3-4-7-18(15)26-2/h3-4,6-9,12H,5,10-11,13-14H2,1-2H3/b20-12-. The average Bonchev–Trinajstić information content (AvgIpc) is 3.04. The maximum absolute atomic E-state index is 12.9. The van der Waals surface area contributed by atoms with Gasteiger partial charge in [-0.3, -0.25) is 9.69 Å². The number of Topliss-reactive ketones (excluding diaryl/α,β-unsaturated/α-hetero) is 1. The first kappa shape index (κ1) is 18.5. The normalized spacial score (nSPS) is 17.1. The largest absolute Gasteiger partial charge is 0.496 e. The molecule has 0 radical (unpaired) electrons. The molecular weight excluding hydrogens is 358 g/mol. The van der Waals surface area contributed by atoms with Crippen LogP contribution in [0.15, 0.2) is 42.2 Å². The number of hydrogen-bond donors (Lipinski definition) is 0. The molecule has 6 nitrogen and oxygen atoms in total. The van der Waals surface area contributed by atoms with Crippen molar-refractivity contribution in [3.8, 4) is 17.2 Å². The summed E-state index contributed by atoms with van der Waals surface area (Å²) in [6.45, 7) is 2.76. The summed E-state index contributed by atoms with van der Waals surface area (Å²) in [7, 11) is 3.30. The number of allylic oxidation sites excluding steroid dienone is 1. The van der Waals surface area contributed by atoms with Gasteiger partial charge in [0.1, 0.15) is 24.0 Å². The molecule has 0 saturated heterocycles. The fourth-order valence-electron chi connectivity index (χ4n) is 3.51. The van der Waals surface area contributed by atoms with Gasteiger partial charge in [0.25, 0.3) is 0 Å². The highest BCUT2D eigenvalue weighted by atomic mass is 16.5. The van der Waals surface area contributed by atoms with E-state index in [2.05, 4.69) is 4.90 Å². The lowest BCUT2D eigenvalue weighted by atomic mass is 10.0. The summed E-state index contributed by atoms with van der Waals surface area (Å²) in [5.74, 6) is 2.23. The van der Waals surface area contributed by atoms with Crippen molar-refractivity contribution in [2.24, 2.45) is 0 Å². The third-order valence-electron chi connectivity index (χ3n) is 4.93. The van der Waals surface area contributed by atoms with Gasteiger partial charge in [0.15, 0.2) is 5.76 Å². The minimum absolute atomic E-state index is 0.125. The Morgan fingerprint density at radius 2 is 2.04 bits per heavy atom. The second kappa shape index (κ2) is 8.04. The number of rotatable bonds is 6. The smallest absolute Gasteiger partial charge is 0.231 e. The van der Waals surface area contributed by atoms with Crippen LogP contribution in [0.3, 0.4) is 0 Å². The van der Waals surface area contributed by atoms with Crippen molar-refractivity contribution < 1.29 is 23.7 Å². The maximum atomic E-state index is 12.9. The van der Waals surface area contributed by atoms with Gasteiger partial charge in [-0.25, -0.2) is 0 Å². The van der Waals surface area contributed by atoms with Crippen molar-refractivity contribution in [3.05, 3.63) is 58.8 Å². The topological polar surface area (TPSA) is 57.2 Å². The van der Waals surface area contributed by atoms with Gasteiger partial charge >= 0.3 is 0 Å². The van der Waals surface area contributed by atoms with Crippen LogP contribution in [0.2, 0.25) is 0 Å². The fourth-order valence-corrected chi connectivity index (χ4v) is 3.51. The highest BCUT2D eigenvalue weighted by molar-refractivity contribution is 6.15. The van der Waals surface area contributed by atoms with Gasteiger partial charge in [0.2, 0.25) is 5.78 Å². The molecule has 0 aromatic heterocycles. The lowest BCUT2D eigenvalue weighted by Gasteiger charge is -2.29. The van der Waals surface area contributed by atoms with Crippen molar-refractivity contribution in [3.63, 3.8) is 0 Å². The van der Waals surface area contributed by atoms with Crippen molar-refractivity contribution in [1.82, 2.24) is 4.90 Å². The number of nitrogens with zero attached hydrogens (tertiary/aromatic N) is 1. The van der Waals surface area contributed by atoms with Crippen LogP contribution in [0.4, 0.5) is 0 Å². The van der Waals surface area contributed by atoms with Gasteiger partial charge in [-0.05, 0) is 30.7 Å². The number of ether oxygens (including phenoxy) is 4. The van der Waals surface area contributed by atoms with Crippen molar-refractivity contribution in [2.45, 2.75) is 13.0 Å². The van der Waals surface area contributed by atoms with E-state index in [9.17, 15) is 4.79 Å². The Bertz CT molecular complexity index is 921. The van der Waals surface area contributed by atoms with E-state index in [1.807, 2.05) is 30.3 Å². The van der Waals surface area contributed by atoms with Crippen molar-refractivity contribution in [2.75, 3.05) is 34.1 Å². The highest BCUT2D eigenvalue weighted by Crippen LogP contribution is 2.42. The molecule has 0 N–H and O–H groups in total. The molecule has 2 aromatic carbocycles. The highest BCUT2D eigenvalue weighted by Gasteiger charge is 2.33. The van der Waals surface area contributed by atoms with Crippen LogP contribution in [0.25, 0.3) is 6.08 Å². The second-order valence-electron chi connectivity index (χ2n) is 6.77. The summed E-state index contributed by atoms with van der Waals surface area (Å²) in [6.07, 6.45) is 2.65. The number of fused-ring (bicyclic) bond motifs is 3. The molecule has 2 heterocycles. The molecule has 2 aliphatic rings. The minimum atomic E-state index is -0.125. The van der Waals surface area contributed by atoms with Crippen molar-refractivity contribution >= 4 is 11.9 Å². The maximum Gasteiger partial charge on any atom is 0.231 e. The van der Waals surface area contributed by atoms with E-state index in [4.69, 9.17) is 18.9 Å². The molecule has 0 atom stereocenters. The van der Waals surface area contributed by atoms with Crippen LogP contribution in [0.5, 0.6) is 17.2 Å². The van der Waals surface area contributed by atoms with E-state index < -0.39 is 0 Å². The van der Waals surface area contributed by atoms with Crippen LogP contribution in [0.1, 0.15) is 27.9 Å². The average molecular weight is 381 g/mol. The number of carbonyl (C=O) groups is 1. The van der Waals surface area contributed by atoms with Crippen LogP contribution in [-0.4, -0.2) is 44.8 Å². The first-order chi connectivity index (χ1) is 13.7.